The average Bonchev–Trinajstić information content (AvgIpc) is 2.49. The van der Waals surface area contributed by atoms with Crippen molar-refractivity contribution in [3.05, 3.63) is 0 Å². The van der Waals surface area contributed by atoms with Crippen LogP contribution in [0.3, 0.4) is 0 Å². The van der Waals surface area contributed by atoms with E-state index in [1.54, 1.807) is 4.90 Å². The number of hydrogen-bond acceptors (Lipinski definition) is 3. The van der Waals surface area contributed by atoms with Crippen LogP contribution in [0.25, 0.3) is 0 Å². The first-order valence-corrected chi connectivity index (χ1v) is 6.34. The quantitative estimate of drug-likeness (QED) is 0.708. The van der Waals surface area contributed by atoms with Crippen LogP contribution in [0.15, 0.2) is 0 Å². The number of halogens is 2. The van der Waals surface area contributed by atoms with Crippen LogP contribution in [-0.4, -0.2) is 49.2 Å². The Hall–Kier alpha value is -0.750. The molecule has 0 spiro atoms. The zero-order chi connectivity index (χ0) is 13.7. The summed E-state index contributed by atoms with van der Waals surface area (Å²) >= 11 is 0. The van der Waals surface area contributed by atoms with Crippen LogP contribution in [0.2, 0.25) is 0 Å². The summed E-state index contributed by atoms with van der Waals surface area (Å²) < 4.78 is 28.6. The molecule has 1 amide bonds. The number of nitrogens with zero attached hydrogens (tertiary/aromatic N) is 1. The Morgan fingerprint density at radius 1 is 1.44 bits per heavy atom. The summed E-state index contributed by atoms with van der Waals surface area (Å²) in [5.41, 5.74) is 0. The highest BCUT2D eigenvalue weighted by molar-refractivity contribution is 5.84. The number of amides is 1. The molecule has 2 unspecified atom stereocenters. The Labute approximate surface area is 107 Å². The fraction of sp³-hybridized carbons (Fsp3) is 0.917. The number of alkyl halides is 2. The first-order valence-electron chi connectivity index (χ1n) is 6.34. The molecule has 1 aliphatic heterocycles. The van der Waals surface area contributed by atoms with Gasteiger partial charge in [-0.2, -0.15) is 0 Å². The van der Waals surface area contributed by atoms with Crippen molar-refractivity contribution < 1.29 is 18.3 Å². The third kappa shape index (κ3) is 4.49. The highest BCUT2D eigenvalue weighted by Crippen LogP contribution is 2.16. The zero-order valence-corrected chi connectivity index (χ0v) is 11.2. The number of rotatable bonds is 7. The largest absolute Gasteiger partial charge is 0.374 e. The van der Waals surface area contributed by atoms with Crippen molar-refractivity contribution >= 4 is 5.91 Å². The van der Waals surface area contributed by atoms with Gasteiger partial charge in [0.25, 0.3) is 6.43 Å². The molecule has 1 N–H and O–H groups in total. The van der Waals surface area contributed by atoms with Crippen molar-refractivity contribution in [1.29, 1.82) is 0 Å². The molecule has 0 saturated carbocycles. The summed E-state index contributed by atoms with van der Waals surface area (Å²) in [6.45, 7) is 5.96. The highest BCUT2D eigenvalue weighted by Gasteiger charge is 2.36. The molecule has 18 heavy (non-hydrogen) atoms. The molecule has 2 atom stereocenters. The maximum absolute atomic E-state index is 12.0. The third-order valence-corrected chi connectivity index (χ3v) is 2.92. The van der Waals surface area contributed by atoms with Gasteiger partial charge in [-0.3, -0.25) is 10.1 Å². The molecule has 6 heteroatoms. The first kappa shape index (κ1) is 15.3. The van der Waals surface area contributed by atoms with E-state index in [4.69, 9.17) is 4.74 Å². The second-order valence-corrected chi connectivity index (χ2v) is 5.02. The van der Waals surface area contributed by atoms with E-state index in [1.165, 1.54) is 0 Å². The van der Waals surface area contributed by atoms with Gasteiger partial charge < -0.3 is 9.64 Å². The van der Waals surface area contributed by atoms with Crippen molar-refractivity contribution in [2.45, 2.75) is 45.8 Å². The maximum atomic E-state index is 12.0. The lowest BCUT2D eigenvalue weighted by atomic mass is 10.0. The zero-order valence-electron chi connectivity index (χ0n) is 11.2. The predicted molar refractivity (Wildman–Crippen MR) is 64.4 cm³/mol. The summed E-state index contributed by atoms with van der Waals surface area (Å²) in [5.74, 6) is 0.477. The van der Waals surface area contributed by atoms with Crippen molar-refractivity contribution in [2.75, 3.05) is 19.8 Å². The molecule has 1 heterocycles. The smallest absolute Gasteiger partial charge is 0.261 e. The number of nitrogens with one attached hydrogen (secondary N) is 1. The van der Waals surface area contributed by atoms with Gasteiger partial charge in [0.1, 0.15) is 6.61 Å². The lowest BCUT2D eigenvalue weighted by Crippen LogP contribution is -2.37. The summed E-state index contributed by atoms with van der Waals surface area (Å²) in [7, 11) is 0. The van der Waals surface area contributed by atoms with Crippen LogP contribution in [0, 0.1) is 5.92 Å². The minimum absolute atomic E-state index is 0.0387. The molecule has 4 nitrogen and oxygen atoms in total. The molecule has 0 aromatic rings. The highest BCUT2D eigenvalue weighted by atomic mass is 19.3. The van der Waals surface area contributed by atoms with Crippen molar-refractivity contribution in [1.82, 2.24) is 10.2 Å². The fourth-order valence-corrected chi connectivity index (χ4v) is 2.12. The van der Waals surface area contributed by atoms with Gasteiger partial charge in [-0.25, -0.2) is 8.78 Å². The van der Waals surface area contributed by atoms with Crippen molar-refractivity contribution in [2.24, 2.45) is 5.92 Å². The Morgan fingerprint density at radius 2 is 2.11 bits per heavy atom. The third-order valence-electron chi connectivity index (χ3n) is 2.92. The lowest BCUT2D eigenvalue weighted by molar-refractivity contribution is -0.131. The fourth-order valence-electron chi connectivity index (χ4n) is 2.12. The van der Waals surface area contributed by atoms with E-state index < -0.39 is 13.0 Å². The Morgan fingerprint density at radius 3 is 2.67 bits per heavy atom. The molecule has 0 aromatic heterocycles. The van der Waals surface area contributed by atoms with Crippen LogP contribution >= 0.6 is 0 Å². The minimum Gasteiger partial charge on any atom is -0.374 e. The summed E-state index contributed by atoms with van der Waals surface area (Å²) in [5, 5.41) is 3.21. The lowest BCUT2D eigenvalue weighted by Gasteiger charge is -2.20. The van der Waals surface area contributed by atoms with Gasteiger partial charge in [0.2, 0.25) is 5.91 Å². The Kier molecular flexibility index (Phi) is 5.95. The molecule has 0 bridgehead atoms. The molecular weight excluding hydrogens is 242 g/mol. The second kappa shape index (κ2) is 6.99. The van der Waals surface area contributed by atoms with Crippen LogP contribution in [0.4, 0.5) is 8.78 Å². The van der Waals surface area contributed by atoms with Gasteiger partial charge in [0.15, 0.2) is 0 Å². The summed E-state index contributed by atoms with van der Waals surface area (Å²) in [6.07, 6.45) is -1.72. The molecule has 0 aliphatic carbocycles. The molecule has 1 rings (SSSR count). The standard InChI is InChI=1S/C12H22F2N2O2/c1-8(2)6-10-12(17)16(9(3)15-10)4-5-18-7-11(13)14/h8-11,15H,4-7H2,1-3H3. The summed E-state index contributed by atoms with van der Waals surface area (Å²) in [6, 6.07) is -0.157. The van der Waals surface area contributed by atoms with Crippen molar-refractivity contribution in [3.8, 4) is 0 Å². The number of ether oxygens (including phenoxy) is 1. The average molecular weight is 264 g/mol. The van der Waals surface area contributed by atoms with Crippen molar-refractivity contribution in [3.63, 3.8) is 0 Å². The molecule has 1 saturated heterocycles. The topological polar surface area (TPSA) is 41.6 Å². The van der Waals surface area contributed by atoms with Crippen LogP contribution < -0.4 is 5.32 Å². The molecule has 0 aromatic carbocycles. The summed E-state index contributed by atoms with van der Waals surface area (Å²) in [4.78, 5) is 13.7. The number of carbonyl (C=O) groups is 1. The van der Waals surface area contributed by atoms with Crippen LogP contribution in [0.5, 0.6) is 0 Å². The predicted octanol–water partition coefficient (Wildman–Crippen LogP) is 1.46. The Balaban J connectivity index is 2.34. The van der Waals surface area contributed by atoms with E-state index in [-0.39, 0.29) is 24.7 Å². The van der Waals surface area contributed by atoms with Gasteiger partial charge in [0.05, 0.1) is 18.8 Å². The van der Waals surface area contributed by atoms with E-state index in [0.29, 0.717) is 12.5 Å². The molecule has 1 fully saturated rings. The number of carbonyl (C=O) groups excluding carboxylic acids is 1. The molecule has 0 radical (unpaired) electrons. The monoisotopic (exact) mass is 264 g/mol. The normalized spacial score (nSPS) is 24.6. The Bertz CT molecular complexity index is 275. The van der Waals surface area contributed by atoms with Crippen LogP contribution in [-0.2, 0) is 9.53 Å². The van der Waals surface area contributed by atoms with E-state index >= 15 is 0 Å². The van der Waals surface area contributed by atoms with Gasteiger partial charge in [-0.1, -0.05) is 13.8 Å². The van der Waals surface area contributed by atoms with Gasteiger partial charge in [-0.05, 0) is 19.3 Å². The van der Waals surface area contributed by atoms with E-state index in [1.807, 2.05) is 6.92 Å². The molecule has 1 aliphatic rings. The van der Waals surface area contributed by atoms with E-state index in [9.17, 15) is 13.6 Å². The SMILES string of the molecule is CC(C)CC1NC(C)N(CCOCC(F)F)C1=O. The van der Waals surface area contributed by atoms with E-state index in [2.05, 4.69) is 19.2 Å². The number of hydrogen-bond donors (Lipinski definition) is 1. The van der Waals surface area contributed by atoms with Gasteiger partial charge in [0, 0.05) is 6.54 Å². The maximum Gasteiger partial charge on any atom is 0.261 e. The minimum atomic E-state index is -2.46. The van der Waals surface area contributed by atoms with Gasteiger partial charge >= 0.3 is 0 Å². The van der Waals surface area contributed by atoms with Gasteiger partial charge in [-0.15, -0.1) is 0 Å². The van der Waals surface area contributed by atoms with E-state index in [0.717, 1.165) is 6.42 Å². The molecular formula is C12H22F2N2O2. The first-order chi connectivity index (χ1) is 8.41. The van der Waals surface area contributed by atoms with Crippen LogP contribution in [0.1, 0.15) is 27.2 Å². The second-order valence-electron chi connectivity index (χ2n) is 5.02. The molecule has 106 valence electrons.